The first-order valence-corrected chi connectivity index (χ1v) is 6.63. The second kappa shape index (κ2) is 5.67. The topological polar surface area (TPSA) is 153 Å². The second-order valence-electron chi connectivity index (χ2n) is 3.67. The van der Waals surface area contributed by atoms with Gasteiger partial charge in [0.15, 0.2) is 0 Å². The third kappa shape index (κ3) is 3.93. The van der Waals surface area contributed by atoms with Crippen molar-refractivity contribution in [2.75, 3.05) is 12.3 Å². The average molecular weight is 287 g/mol. The molecule has 1 rings (SSSR count). The third-order valence-electron chi connectivity index (χ3n) is 2.19. The van der Waals surface area contributed by atoms with Gasteiger partial charge in [-0.25, -0.2) is 17.9 Å². The maximum absolute atomic E-state index is 11.9. The maximum atomic E-state index is 11.9. The Kier molecular flexibility index (Phi) is 4.46. The maximum Gasteiger partial charge on any atom is 0.337 e. The van der Waals surface area contributed by atoms with Gasteiger partial charge in [0.1, 0.15) is 0 Å². The number of nitrogen functional groups attached to an aromatic ring is 1. The van der Waals surface area contributed by atoms with Crippen molar-refractivity contribution in [2.24, 2.45) is 5.73 Å². The third-order valence-corrected chi connectivity index (χ3v) is 3.69. The van der Waals surface area contributed by atoms with Crippen LogP contribution in [0.25, 0.3) is 0 Å². The Morgan fingerprint density at radius 1 is 1.32 bits per heavy atom. The number of carbonyl (C=O) groups is 2. The number of anilines is 1. The van der Waals surface area contributed by atoms with E-state index in [1.165, 1.54) is 6.07 Å². The number of carboxylic acid groups (broad SMARTS) is 1. The highest BCUT2D eigenvalue weighted by Gasteiger charge is 2.22. The van der Waals surface area contributed by atoms with E-state index in [-0.39, 0.29) is 18.7 Å². The normalized spacial score (nSPS) is 11.2. The molecule has 9 heteroatoms. The molecular weight excluding hydrogens is 274 g/mol. The lowest BCUT2D eigenvalue weighted by molar-refractivity contribution is -0.117. The summed E-state index contributed by atoms with van der Waals surface area (Å²) in [6.45, 7) is -0.217. The van der Waals surface area contributed by atoms with E-state index in [2.05, 4.69) is 4.72 Å². The summed E-state index contributed by atoms with van der Waals surface area (Å²) >= 11 is 0. The number of nitrogens with two attached hydrogens (primary N) is 2. The second-order valence-corrected chi connectivity index (χ2v) is 5.41. The molecule has 0 bridgehead atoms. The summed E-state index contributed by atoms with van der Waals surface area (Å²) in [6.07, 6.45) is -0.191. The van der Waals surface area contributed by atoms with Crippen molar-refractivity contribution in [3.05, 3.63) is 23.8 Å². The number of benzene rings is 1. The van der Waals surface area contributed by atoms with Crippen LogP contribution in [0.15, 0.2) is 23.1 Å². The molecule has 0 spiro atoms. The van der Waals surface area contributed by atoms with E-state index in [1.807, 2.05) is 0 Å². The molecule has 0 saturated carbocycles. The molecule has 0 heterocycles. The van der Waals surface area contributed by atoms with Crippen LogP contribution >= 0.6 is 0 Å². The van der Waals surface area contributed by atoms with Crippen molar-refractivity contribution in [2.45, 2.75) is 11.3 Å². The molecule has 0 aliphatic rings. The first kappa shape index (κ1) is 14.9. The molecule has 1 aromatic rings. The van der Waals surface area contributed by atoms with Crippen molar-refractivity contribution < 1.29 is 23.1 Å². The molecule has 0 aliphatic carbocycles. The minimum absolute atomic E-state index is 0.111. The number of primary amides is 1. The predicted octanol–water partition coefficient (Wildman–Crippen LogP) is -0.879. The number of amides is 1. The molecule has 0 aliphatic heterocycles. The van der Waals surface area contributed by atoms with Gasteiger partial charge in [-0.05, 0) is 18.2 Å². The van der Waals surface area contributed by atoms with Gasteiger partial charge in [-0.15, -0.1) is 0 Å². The van der Waals surface area contributed by atoms with Gasteiger partial charge in [-0.1, -0.05) is 0 Å². The van der Waals surface area contributed by atoms with Gasteiger partial charge in [0.25, 0.3) is 0 Å². The lowest BCUT2D eigenvalue weighted by Crippen LogP contribution is -2.29. The van der Waals surface area contributed by atoms with Gasteiger partial charge < -0.3 is 16.6 Å². The molecule has 1 aromatic carbocycles. The number of carboxylic acids is 1. The van der Waals surface area contributed by atoms with Gasteiger partial charge in [0.2, 0.25) is 15.9 Å². The van der Waals surface area contributed by atoms with Crippen LogP contribution in [-0.4, -0.2) is 31.9 Å². The molecule has 1 amide bonds. The molecule has 19 heavy (non-hydrogen) atoms. The van der Waals surface area contributed by atoms with Crippen LogP contribution < -0.4 is 16.2 Å². The SMILES string of the molecule is NC(=O)CCNS(=O)(=O)c1cc(N)ccc1C(=O)O. The first-order chi connectivity index (χ1) is 8.74. The van der Waals surface area contributed by atoms with Crippen LogP contribution in [-0.2, 0) is 14.8 Å². The molecule has 6 N–H and O–H groups in total. The van der Waals surface area contributed by atoms with Crippen LogP contribution in [0, 0.1) is 0 Å². The minimum Gasteiger partial charge on any atom is -0.478 e. The summed E-state index contributed by atoms with van der Waals surface area (Å²) in [4.78, 5) is 21.0. The Morgan fingerprint density at radius 2 is 1.95 bits per heavy atom. The summed E-state index contributed by atoms with van der Waals surface area (Å²) in [5.74, 6) is -2.07. The average Bonchev–Trinajstić information content (AvgIpc) is 2.27. The lowest BCUT2D eigenvalue weighted by atomic mass is 10.2. The van der Waals surface area contributed by atoms with Crippen LogP contribution in [0.3, 0.4) is 0 Å². The molecule has 0 aromatic heterocycles. The molecule has 0 unspecified atom stereocenters. The fourth-order valence-corrected chi connectivity index (χ4v) is 2.59. The predicted molar refractivity (Wildman–Crippen MR) is 66.8 cm³/mol. The molecular formula is C10H13N3O5S. The number of aromatic carboxylic acids is 1. The molecule has 0 saturated heterocycles. The largest absolute Gasteiger partial charge is 0.478 e. The Bertz CT molecular complexity index is 612. The van der Waals surface area contributed by atoms with Crippen molar-refractivity contribution in [3.63, 3.8) is 0 Å². The van der Waals surface area contributed by atoms with Crippen molar-refractivity contribution >= 4 is 27.6 Å². The minimum atomic E-state index is -4.07. The fourth-order valence-electron chi connectivity index (χ4n) is 1.32. The quantitative estimate of drug-likeness (QED) is 0.498. The van der Waals surface area contributed by atoms with E-state index < -0.39 is 32.4 Å². The zero-order valence-electron chi connectivity index (χ0n) is 9.79. The molecule has 104 valence electrons. The smallest absolute Gasteiger partial charge is 0.337 e. The summed E-state index contributed by atoms with van der Waals surface area (Å²) < 4.78 is 25.9. The Morgan fingerprint density at radius 3 is 2.47 bits per heavy atom. The van der Waals surface area contributed by atoms with E-state index in [1.54, 1.807) is 0 Å². The van der Waals surface area contributed by atoms with Crippen molar-refractivity contribution in [1.82, 2.24) is 4.72 Å². The highest BCUT2D eigenvalue weighted by atomic mass is 32.2. The number of carbonyl (C=O) groups excluding carboxylic acids is 1. The van der Waals surface area contributed by atoms with Gasteiger partial charge >= 0.3 is 5.97 Å². The summed E-state index contributed by atoms with van der Waals surface area (Å²) in [7, 11) is -4.07. The van der Waals surface area contributed by atoms with Gasteiger partial charge in [0.05, 0.1) is 10.5 Å². The van der Waals surface area contributed by atoms with Gasteiger partial charge in [0, 0.05) is 18.7 Å². The van der Waals surface area contributed by atoms with Crippen LogP contribution in [0.5, 0.6) is 0 Å². The lowest BCUT2D eigenvalue weighted by Gasteiger charge is -2.09. The number of hydrogen-bond donors (Lipinski definition) is 4. The van der Waals surface area contributed by atoms with E-state index in [0.29, 0.717) is 0 Å². The zero-order valence-corrected chi connectivity index (χ0v) is 10.6. The van der Waals surface area contributed by atoms with E-state index in [4.69, 9.17) is 16.6 Å². The summed E-state index contributed by atoms with van der Waals surface area (Å²) in [5.41, 5.74) is 10.0. The Labute approximate surface area is 109 Å². The molecule has 0 fully saturated rings. The molecule has 0 atom stereocenters. The number of sulfonamides is 1. The highest BCUT2D eigenvalue weighted by molar-refractivity contribution is 7.89. The highest BCUT2D eigenvalue weighted by Crippen LogP contribution is 2.19. The monoisotopic (exact) mass is 287 g/mol. The number of nitrogens with one attached hydrogen (secondary N) is 1. The van der Waals surface area contributed by atoms with E-state index in [9.17, 15) is 18.0 Å². The van der Waals surface area contributed by atoms with Crippen LogP contribution in [0.4, 0.5) is 5.69 Å². The Balaban J connectivity index is 3.09. The zero-order chi connectivity index (χ0) is 14.6. The van der Waals surface area contributed by atoms with E-state index >= 15 is 0 Å². The first-order valence-electron chi connectivity index (χ1n) is 5.15. The molecule has 8 nitrogen and oxygen atoms in total. The summed E-state index contributed by atoms with van der Waals surface area (Å²) in [5, 5.41) is 8.93. The van der Waals surface area contributed by atoms with Gasteiger partial charge in [-0.3, -0.25) is 4.79 Å². The van der Waals surface area contributed by atoms with E-state index in [0.717, 1.165) is 12.1 Å². The molecule has 0 radical (unpaired) electrons. The van der Waals surface area contributed by atoms with Crippen molar-refractivity contribution in [3.8, 4) is 0 Å². The van der Waals surface area contributed by atoms with Crippen LogP contribution in [0.1, 0.15) is 16.8 Å². The van der Waals surface area contributed by atoms with Gasteiger partial charge in [-0.2, -0.15) is 0 Å². The van der Waals surface area contributed by atoms with Crippen molar-refractivity contribution in [1.29, 1.82) is 0 Å². The Hall–Kier alpha value is -2.13. The standard InChI is InChI=1S/C10H13N3O5S/c11-6-1-2-7(10(15)16)8(5-6)19(17,18)13-4-3-9(12)14/h1-2,5,13H,3-4,11H2,(H2,12,14)(H,15,16). The fraction of sp³-hybridized carbons (Fsp3) is 0.200. The number of rotatable bonds is 6. The number of hydrogen-bond acceptors (Lipinski definition) is 5. The summed E-state index contributed by atoms with van der Waals surface area (Å²) in [6, 6.07) is 3.42. The van der Waals surface area contributed by atoms with Crippen LogP contribution in [0.2, 0.25) is 0 Å².